The first-order valence-corrected chi connectivity index (χ1v) is 5.81. The molecule has 0 saturated heterocycles. The zero-order valence-corrected chi connectivity index (χ0v) is 10.5. The van der Waals surface area contributed by atoms with Crippen LogP contribution in [0.4, 0.5) is 10.1 Å². The lowest BCUT2D eigenvalue weighted by molar-refractivity contribution is 0.108. The minimum atomic E-state index is -0.546. The third-order valence-electron chi connectivity index (χ3n) is 2.71. The highest BCUT2D eigenvalue weighted by atomic mass is 19.1. The van der Waals surface area contributed by atoms with Crippen LogP contribution in [-0.4, -0.2) is 7.05 Å². The largest absolute Gasteiger partial charge is 0.269 e. The molecule has 3 nitrogen and oxygen atoms in total. The molecule has 0 atom stereocenters. The molecule has 2 rings (SSSR count). The summed E-state index contributed by atoms with van der Waals surface area (Å²) in [6.45, 7) is 0.360. The Balaban J connectivity index is 2.11. The summed E-state index contributed by atoms with van der Waals surface area (Å²) in [5, 5.41) is 10.4. The highest BCUT2D eigenvalue weighted by Crippen LogP contribution is 2.22. The second-order valence-electron chi connectivity index (χ2n) is 4.00. The standard InChI is InChI=1S/C15H13FN2O/c1-18(19-11-12-6-3-2-4-7-12)15-9-5-8-14(16)13(15)10-17/h2-9H,11H2,1H3. The fourth-order valence-corrected chi connectivity index (χ4v) is 1.70. The number of nitrogens with zero attached hydrogens (tertiary/aromatic N) is 2. The summed E-state index contributed by atoms with van der Waals surface area (Å²) < 4.78 is 13.5. The Bertz CT molecular complexity index is 593. The molecule has 0 aliphatic carbocycles. The molecule has 0 bridgehead atoms. The van der Waals surface area contributed by atoms with Gasteiger partial charge in [0.1, 0.15) is 17.4 Å². The second-order valence-corrected chi connectivity index (χ2v) is 4.00. The minimum Gasteiger partial charge on any atom is -0.269 e. The van der Waals surface area contributed by atoms with E-state index in [0.29, 0.717) is 12.3 Å². The Morgan fingerprint density at radius 3 is 2.58 bits per heavy atom. The Hall–Kier alpha value is -2.38. The van der Waals surface area contributed by atoms with E-state index in [1.54, 1.807) is 19.2 Å². The summed E-state index contributed by atoms with van der Waals surface area (Å²) in [7, 11) is 1.65. The second kappa shape index (κ2) is 5.98. The maximum atomic E-state index is 13.5. The van der Waals surface area contributed by atoms with Gasteiger partial charge in [0, 0.05) is 7.05 Å². The van der Waals surface area contributed by atoms with E-state index in [-0.39, 0.29) is 5.56 Å². The van der Waals surface area contributed by atoms with Crippen LogP contribution in [-0.2, 0) is 11.4 Å². The first-order valence-electron chi connectivity index (χ1n) is 5.81. The van der Waals surface area contributed by atoms with Gasteiger partial charge in [-0.05, 0) is 17.7 Å². The summed E-state index contributed by atoms with van der Waals surface area (Å²) in [4.78, 5) is 5.53. The van der Waals surface area contributed by atoms with Gasteiger partial charge in [-0.25, -0.2) is 4.39 Å². The Labute approximate surface area is 111 Å². The molecule has 19 heavy (non-hydrogen) atoms. The van der Waals surface area contributed by atoms with Gasteiger partial charge in [0.05, 0.1) is 12.3 Å². The SMILES string of the molecule is CN(OCc1ccccc1)c1cccc(F)c1C#N. The molecule has 0 amide bonds. The molecule has 0 fully saturated rings. The molecule has 0 N–H and O–H groups in total. The van der Waals surface area contributed by atoms with Crippen molar-refractivity contribution in [3.8, 4) is 6.07 Å². The predicted octanol–water partition coefficient (Wildman–Crippen LogP) is 3.27. The molecule has 0 aliphatic heterocycles. The molecule has 96 valence electrons. The van der Waals surface area contributed by atoms with Crippen molar-refractivity contribution < 1.29 is 9.23 Å². The predicted molar refractivity (Wildman–Crippen MR) is 70.7 cm³/mol. The summed E-state index contributed by atoms with van der Waals surface area (Å²) >= 11 is 0. The molecule has 0 unspecified atom stereocenters. The highest BCUT2D eigenvalue weighted by molar-refractivity contribution is 5.57. The van der Waals surface area contributed by atoms with E-state index in [1.165, 1.54) is 11.1 Å². The van der Waals surface area contributed by atoms with Crippen LogP contribution in [0.25, 0.3) is 0 Å². The van der Waals surface area contributed by atoms with E-state index in [4.69, 9.17) is 10.1 Å². The fourth-order valence-electron chi connectivity index (χ4n) is 1.70. The molecule has 4 heteroatoms. The molecule has 0 saturated carbocycles. The Morgan fingerprint density at radius 1 is 1.16 bits per heavy atom. The van der Waals surface area contributed by atoms with Crippen LogP contribution in [0.5, 0.6) is 0 Å². The third-order valence-corrected chi connectivity index (χ3v) is 2.71. The molecule has 2 aromatic carbocycles. The van der Waals surface area contributed by atoms with Gasteiger partial charge in [0.25, 0.3) is 0 Å². The van der Waals surface area contributed by atoms with Gasteiger partial charge in [0.15, 0.2) is 0 Å². The molecule has 0 radical (unpaired) electrons. The normalized spacial score (nSPS) is 9.95. The number of rotatable bonds is 4. The fraction of sp³-hybridized carbons (Fsp3) is 0.133. The maximum Gasteiger partial charge on any atom is 0.143 e. The maximum absolute atomic E-state index is 13.5. The van der Waals surface area contributed by atoms with Gasteiger partial charge in [0.2, 0.25) is 0 Å². The minimum absolute atomic E-state index is 0.0157. The summed E-state index contributed by atoms with van der Waals surface area (Å²) in [6.07, 6.45) is 0. The van der Waals surface area contributed by atoms with Crippen LogP contribution in [0.2, 0.25) is 0 Å². The third kappa shape index (κ3) is 3.09. The summed E-state index contributed by atoms with van der Waals surface area (Å²) in [5.41, 5.74) is 1.40. The van der Waals surface area contributed by atoms with Crippen molar-refractivity contribution in [1.82, 2.24) is 0 Å². The number of nitriles is 1. The van der Waals surface area contributed by atoms with Crippen LogP contribution >= 0.6 is 0 Å². The van der Waals surface area contributed by atoms with Gasteiger partial charge in [-0.15, -0.1) is 0 Å². The number of halogens is 1. The zero-order chi connectivity index (χ0) is 13.7. The van der Waals surface area contributed by atoms with Gasteiger partial charge < -0.3 is 0 Å². The van der Waals surface area contributed by atoms with Gasteiger partial charge in [-0.2, -0.15) is 5.26 Å². The monoisotopic (exact) mass is 256 g/mol. The van der Waals surface area contributed by atoms with Crippen LogP contribution in [0.15, 0.2) is 48.5 Å². The van der Waals surface area contributed by atoms with E-state index in [2.05, 4.69) is 0 Å². The average molecular weight is 256 g/mol. The van der Waals surface area contributed by atoms with E-state index < -0.39 is 5.82 Å². The van der Waals surface area contributed by atoms with E-state index in [1.807, 2.05) is 36.4 Å². The number of anilines is 1. The molecular formula is C15H13FN2O. The summed E-state index contributed by atoms with van der Waals surface area (Å²) in [6, 6.07) is 15.9. The Morgan fingerprint density at radius 2 is 1.89 bits per heavy atom. The van der Waals surface area contributed by atoms with Crippen molar-refractivity contribution in [2.45, 2.75) is 6.61 Å². The lowest BCUT2D eigenvalue weighted by Gasteiger charge is -2.20. The van der Waals surface area contributed by atoms with Crippen LogP contribution < -0.4 is 5.06 Å². The topological polar surface area (TPSA) is 36.3 Å². The smallest absolute Gasteiger partial charge is 0.143 e. The average Bonchev–Trinajstić information content (AvgIpc) is 2.45. The number of hydrogen-bond acceptors (Lipinski definition) is 3. The van der Waals surface area contributed by atoms with Gasteiger partial charge >= 0.3 is 0 Å². The molecule has 2 aromatic rings. The van der Waals surface area contributed by atoms with E-state index in [0.717, 1.165) is 5.56 Å². The lowest BCUT2D eigenvalue weighted by atomic mass is 10.2. The number of hydrogen-bond donors (Lipinski definition) is 0. The first kappa shape index (κ1) is 13.1. The van der Waals surface area contributed by atoms with Crippen LogP contribution in [0.1, 0.15) is 11.1 Å². The number of benzene rings is 2. The van der Waals surface area contributed by atoms with E-state index >= 15 is 0 Å². The van der Waals surface area contributed by atoms with Gasteiger partial charge in [-0.1, -0.05) is 36.4 Å². The highest BCUT2D eigenvalue weighted by Gasteiger charge is 2.12. The molecule has 0 spiro atoms. The quantitative estimate of drug-likeness (QED) is 0.788. The molecule has 0 heterocycles. The van der Waals surface area contributed by atoms with Crippen molar-refractivity contribution in [3.05, 3.63) is 65.5 Å². The molecule has 0 aromatic heterocycles. The number of hydroxylamine groups is 1. The van der Waals surface area contributed by atoms with Crippen LogP contribution in [0.3, 0.4) is 0 Å². The van der Waals surface area contributed by atoms with Crippen molar-refractivity contribution >= 4 is 5.69 Å². The zero-order valence-electron chi connectivity index (χ0n) is 10.5. The summed E-state index contributed by atoms with van der Waals surface area (Å²) in [5.74, 6) is -0.546. The van der Waals surface area contributed by atoms with Crippen molar-refractivity contribution in [3.63, 3.8) is 0 Å². The van der Waals surface area contributed by atoms with Crippen LogP contribution in [0, 0.1) is 17.1 Å². The van der Waals surface area contributed by atoms with Crippen molar-refractivity contribution in [1.29, 1.82) is 5.26 Å². The van der Waals surface area contributed by atoms with Crippen molar-refractivity contribution in [2.75, 3.05) is 12.1 Å². The first-order chi connectivity index (χ1) is 9.22. The lowest BCUT2D eigenvalue weighted by Crippen LogP contribution is -2.19. The Kier molecular flexibility index (Phi) is 4.11. The van der Waals surface area contributed by atoms with Gasteiger partial charge in [-0.3, -0.25) is 9.90 Å². The molecular weight excluding hydrogens is 243 g/mol. The van der Waals surface area contributed by atoms with E-state index in [9.17, 15) is 4.39 Å². The molecule has 0 aliphatic rings. The van der Waals surface area contributed by atoms with Crippen molar-refractivity contribution in [2.24, 2.45) is 0 Å².